The predicted molar refractivity (Wildman–Crippen MR) is 115 cm³/mol. The smallest absolute Gasteiger partial charge is 0.243 e. The maximum atomic E-state index is 12.7. The number of carbonyl (C=O) groups excluding carboxylic acids is 1. The summed E-state index contributed by atoms with van der Waals surface area (Å²) >= 11 is 0. The molecule has 0 saturated heterocycles. The Morgan fingerprint density at radius 2 is 1.79 bits per heavy atom. The topological polar surface area (TPSA) is 91.1 Å². The lowest BCUT2D eigenvalue weighted by Crippen LogP contribution is -2.34. The largest absolute Gasteiger partial charge is 0.383 e. The fraction of sp³-hybridized carbons (Fsp3) is 0.545. The molecule has 0 aliphatic heterocycles. The van der Waals surface area contributed by atoms with Crippen molar-refractivity contribution in [3.8, 4) is 6.07 Å². The van der Waals surface area contributed by atoms with E-state index in [1.807, 2.05) is 24.3 Å². The molecule has 1 atom stereocenters. The Morgan fingerprint density at radius 1 is 1.17 bits per heavy atom. The van der Waals surface area contributed by atoms with E-state index in [1.54, 1.807) is 7.11 Å². The van der Waals surface area contributed by atoms with Crippen LogP contribution in [0.2, 0.25) is 0 Å². The number of unbranched alkanes of at least 4 members (excludes halogenated alkanes) is 2. The van der Waals surface area contributed by atoms with E-state index in [4.69, 9.17) is 14.7 Å². The Hall–Kier alpha value is -2.72. The molecule has 1 aromatic carbocycles. The summed E-state index contributed by atoms with van der Waals surface area (Å²) in [5, 5.41) is 12.6. The SMILES string of the molecule is CCCCN(CCCC)c1nc2ccccc2nc1[C@@H](C#N)C(=O)NCCOC. The lowest BCUT2D eigenvalue weighted by Gasteiger charge is -2.26. The summed E-state index contributed by atoms with van der Waals surface area (Å²) in [4.78, 5) is 24.4. The molecule has 0 unspecified atom stereocenters. The molecule has 0 radical (unpaired) electrons. The number of hydrogen-bond donors (Lipinski definition) is 1. The molecule has 0 saturated carbocycles. The van der Waals surface area contributed by atoms with Crippen LogP contribution in [0.3, 0.4) is 0 Å². The van der Waals surface area contributed by atoms with Gasteiger partial charge in [-0.15, -0.1) is 0 Å². The predicted octanol–water partition coefficient (Wildman–Crippen LogP) is 3.41. The summed E-state index contributed by atoms with van der Waals surface area (Å²) in [6.45, 7) is 6.66. The normalized spacial score (nSPS) is 11.8. The number of methoxy groups -OCH3 is 1. The summed E-state index contributed by atoms with van der Waals surface area (Å²) in [5.74, 6) is -0.759. The molecular formula is C22H31N5O2. The number of fused-ring (bicyclic) bond motifs is 1. The molecule has 0 bridgehead atoms. The third kappa shape index (κ3) is 6.13. The van der Waals surface area contributed by atoms with Gasteiger partial charge in [-0.25, -0.2) is 9.97 Å². The highest BCUT2D eigenvalue weighted by atomic mass is 16.5. The Labute approximate surface area is 173 Å². The summed E-state index contributed by atoms with van der Waals surface area (Å²) in [6, 6.07) is 9.70. The van der Waals surface area contributed by atoms with Crippen molar-refractivity contribution in [2.24, 2.45) is 0 Å². The maximum absolute atomic E-state index is 12.7. The number of benzene rings is 1. The summed E-state index contributed by atoms with van der Waals surface area (Å²) < 4.78 is 4.99. The second-order valence-corrected chi connectivity index (χ2v) is 6.96. The van der Waals surface area contributed by atoms with Crippen LogP contribution in [0.15, 0.2) is 24.3 Å². The zero-order valence-corrected chi connectivity index (χ0v) is 17.6. The number of nitrogens with zero attached hydrogens (tertiary/aromatic N) is 4. The lowest BCUT2D eigenvalue weighted by molar-refractivity contribution is -0.121. The molecule has 7 nitrogen and oxygen atoms in total. The average molecular weight is 398 g/mol. The molecule has 1 heterocycles. The van der Waals surface area contributed by atoms with Gasteiger partial charge in [0.05, 0.1) is 23.7 Å². The monoisotopic (exact) mass is 397 g/mol. The highest BCUT2D eigenvalue weighted by molar-refractivity contribution is 5.88. The van der Waals surface area contributed by atoms with Gasteiger partial charge in [0.1, 0.15) is 5.69 Å². The number of rotatable bonds is 12. The number of nitrogens with one attached hydrogen (secondary N) is 1. The zero-order chi connectivity index (χ0) is 21.1. The van der Waals surface area contributed by atoms with E-state index in [2.05, 4.69) is 30.1 Å². The van der Waals surface area contributed by atoms with Crippen molar-refractivity contribution in [2.45, 2.75) is 45.4 Å². The van der Waals surface area contributed by atoms with E-state index in [-0.39, 0.29) is 5.91 Å². The number of ether oxygens (including phenoxy) is 1. The minimum absolute atomic E-state index is 0.346. The van der Waals surface area contributed by atoms with Crippen molar-refractivity contribution < 1.29 is 9.53 Å². The van der Waals surface area contributed by atoms with E-state index < -0.39 is 5.92 Å². The van der Waals surface area contributed by atoms with E-state index in [1.165, 1.54) is 0 Å². The first-order chi connectivity index (χ1) is 14.2. The van der Waals surface area contributed by atoms with Gasteiger partial charge < -0.3 is 15.0 Å². The first-order valence-corrected chi connectivity index (χ1v) is 10.3. The van der Waals surface area contributed by atoms with Crippen LogP contribution in [-0.4, -0.2) is 49.2 Å². The molecule has 0 aliphatic carbocycles. The third-order valence-corrected chi connectivity index (χ3v) is 4.71. The molecule has 0 spiro atoms. The molecule has 29 heavy (non-hydrogen) atoms. The summed E-state index contributed by atoms with van der Waals surface area (Å²) in [6.07, 6.45) is 4.13. The van der Waals surface area contributed by atoms with Crippen LogP contribution in [-0.2, 0) is 9.53 Å². The van der Waals surface area contributed by atoms with Crippen LogP contribution in [0.4, 0.5) is 5.82 Å². The van der Waals surface area contributed by atoms with Gasteiger partial charge in [0.15, 0.2) is 11.7 Å². The Morgan fingerprint density at radius 3 is 2.34 bits per heavy atom. The molecule has 7 heteroatoms. The minimum atomic E-state index is -1.02. The standard InChI is InChI=1S/C22H31N5O2/c1-4-6-13-27(14-7-5-2)21-20(17(16-23)22(28)24-12-15-29-3)25-18-10-8-9-11-19(18)26-21/h8-11,17H,4-7,12-15H2,1-3H3,(H,24,28)/t17-/m1/s1. The van der Waals surface area contributed by atoms with Gasteiger partial charge in [-0.2, -0.15) is 5.26 Å². The van der Waals surface area contributed by atoms with Crippen molar-refractivity contribution >= 4 is 22.8 Å². The van der Waals surface area contributed by atoms with Crippen LogP contribution >= 0.6 is 0 Å². The fourth-order valence-electron chi connectivity index (χ4n) is 3.07. The summed E-state index contributed by atoms with van der Waals surface area (Å²) in [7, 11) is 1.57. The van der Waals surface area contributed by atoms with Gasteiger partial charge in [-0.05, 0) is 25.0 Å². The van der Waals surface area contributed by atoms with E-state index in [0.717, 1.165) is 44.3 Å². The lowest BCUT2D eigenvalue weighted by atomic mass is 10.0. The minimum Gasteiger partial charge on any atom is -0.383 e. The van der Waals surface area contributed by atoms with Crippen LogP contribution < -0.4 is 10.2 Å². The Kier molecular flexibility index (Phi) is 9.32. The first kappa shape index (κ1) is 22.6. The maximum Gasteiger partial charge on any atom is 0.243 e. The van der Waals surface area contributed by atoms with Gasteiger partial charge >= 0.3 is 0 Å². The average Bonchev–Trinajstić information content (AvgIpc) is 2.74. The van der Waals surface area contributed by atoms with Gasteiger partial charge in [-0.1, -0.05) is 38.8 Å². The highest BCUT2D eigenvalue weighted by Gasteiger charge is 2.28. The molecule has 2 aromatic rings. The fourth-order valence-corrected chi connectivity index (χ4v) is 3.07. The van der Waals surface area contributed by atoms with Gasteiger partial charge in [-0.3, -0.25) is 4.79 Å². The number of amides is 1. The molecule has 2 rings (SSSR count). The van der Waals surface area contributed by atoms with Crippen LogP contribution in [0.25, 0.3) is 11.0 Å². The van der Waals surface area contributed by atoms with E-state index >= 15 is 0 Å². The molecule has 1 aromatic heterocycles. The Balaban J connectivity index is 2.50. The Bertz CT molecular complexity index is 826. The molecule has 1 N–H and O–H groups in total. The highest BCUT2D eigenvalue weighted by Crippen LogP contribution is 2.28. The number of carbonyl (C=O) groups is 1. The third-order valence-electron chi connectivity index (χ3n) is 4.71. The second kappa shape index (κ2) is 12.0. The first-order valence-electron chi connectivity index (χ1n) is 10.3. The number of para-hydroxylation sites is 2. The van der Waals surface area contributed by atoms with Crippen LogP contribution in [0.5, 0.6) is 0 Å². The second-order valence-electron chi connectivity index (χ2n) is 6.96. The zero-order valence-electron chi connectivity index (χ0n) is 17.6. The molecular weight excluding hydrogens is 366 g/mol. The number of nitriles is 1. The van der Waals surface area contributed by atoms with Gasteiger partial charge in [0.2, 0.25) is 5.91 Å². The van der Waals surface area contributed by atoms with Crippen LogP contribution in [0.1, 0.15) is 51.1 Å². The quantitative estimate of drug-likeness (QED) is 0.552. The van der Waals surface area contributed by atoms with E-state index in [0.29, 0.717) is 30.2 Å². The number of aromatic nitrogens is 2. The molecule has 1 amide bonds. The van der Waals surface area contributed by atoms with Crippen molar-refractivity contribution in [2.75, 3.05) is 38.3 Å². The van der Waals surface area contributed by atoms with Gasteiger partial charge in [0.25, 0.3) is 0 Å². The number of anilines is 1. The molecule has 0 aliphatic rings. The van der Waals surface area contributed by atoms with Crippen molar-refractivity contribution in [3.05, 3.63) is 30.0 Å². The van der Waals surface area contributed by atoms with Crippen molar-refractivity contribution in [1.82, 2.24) is 15.3 Å². The molecule has 156 valence electrons. The summed E-state index contributed by atoms with van der Waals surface area (Å²) in [5.41, 5.74) is 1.87. The van der Waals surface area contributed by atoms with Crippen molar-refractivity contribution in [3.63, 3.8) is 0 Å². The van der Waals surface area contributed by atoms with Gasteiger partial charge in [0, 0.05) is 26.7 Å². The van der Waals surface area contributed by atoms with Crippen LogP contribution in [0, 0.1) is 11.3 Å². The van der Waals surface area contributed by atoms with E-state index in [9.17, 15) is 10.1 Å². The van der Waals surface area contributed by atoms with Crippen molar-refractivity contribution in [1.29, 1.82) is 5.26 Å². The number of hydrogen-bond acceptors (Lipinski definition) is 6. The molecule has 0 fully saturated rings.